The molecule has 1 saturated carbocycles. The van der Waals surface area contributed by atoms with Crippen molar-refractivity contribution < 1.29 is 9.53 Å². The zero-order chi connectivity index (χ0) is 15.0. The molecule has 0 bridgehead atoms. The number of hydrogen-bond donors (Lipinski definition) is 1. The van der Waals surface area contributed by atoms with Crippen LogP contribution in [0, 0.1) is 0 Å². The molecule has 0 saturated heterocycles. The highest BCUT2D eigenvalue weighted by molar-refractivity contribution is 6.30. The van der Waals surface area contributed by atoms with Crippen molar-refractivity contribution >= 4 is 17.7 Å². The van der Waals surface area contributed by atoms with E-state index in [4.69, 9.17) is 22.1 Å². The summed E-state index contributed by atoms with van der Waals surface area (Å²) in [5, 5.41) is 0.672. The smallest absolute Gasteiger partial charge is 0.410 e. The molecule has 0 radical (unpaired) electrons. The van der Waals surface area contributed by atoms with Gasteiger partial charge in [-0.2, -0.15) is 0 Å². The van der Waals surface area contributed by atoms with Crippen LogP contribution in [-0.2, 0) is 10.3 Å². The highest BCUT2D eigenvalue weighted by Gasteiger charge is 2.53. The van der Waals surface area contributed by atoms with Gasteiger partial charge in [0, 0.05) is 17.1 Å². The Morgan fingerprint density at radius 2 is 2.15 bits per heavy atom. The maximum atomic E-state index is 12.1. The Kier molecular flexibility index (Phi) is 3.98. The number of amides is 1. The standard InChI is InChI=1S/C15H21ClN2O2/c1-14(2,17)10-18(13(19)20-3)15(7-8-15)11-5-4-6-12(16)9-11/h4-6,9H,7-8,10,17H2,1-3H3. The van der Waals surface area contributed by atoms with E-state index in [1.807, 2.05) is 38.1 Å². The lowest BCUT2D eigenvalue weighted by Gasteiger charge is -2.36. The number of carbonyl (C=O) groups is 1. The third-order valence-corrected chi connectivity index (χ3v) is 3.80. The molecule has 4 nitrogen and oxygen atoms in total. The highest BCUT2D eigenvalue weighted by atomic mass is 35.5. The number of rotatable bonds is 4. The zero-order valence-corrected chi connectivity index (χ0v) is 12.9. The van der Waals surface area contributed by atoms with Gasteiger partial charge in [0.2, 0.25) is 0 Å². The maximum Gasteiger partial charge on any atom is 0.410 e. The van der Waals surface area contributed by atoms with Gasteiger partial charge in [-0.25, -0.2) is 4.79 Å². The topological polar surface area (TPSA) is 55.6 Å². The molecule has 0 heterocycles. The minimum Gasteiger partial charge on any atom is -0.453 e. The van der Waals surface area contributed by atoms with E-state index in [0.717, 1.165) is 18.4 Å². The molecule has 110 valence electrons. The molecule has 1 amide bonds. The predicted octanol–water partition coefficient (Wildman–Crippen LogP) is 3.13. The lowest BCUT2D eigenvalue weighted by molar-refractivity contribution is 0.0868. The van der Waals surface area contributed by atoms with Crippen LogP contribution in [-0.4, -0.2) is 30.2 Å². The largest absolute Gasteiger partial charge is 0.453 e. The van der Waals surface area contributed by atoms with Gasteiger partial charge in [0.05, 0.1) is 12.6 Å². The van der Waals surface area contributed by atoms with Gasteiger partial charge < -0.3 is 10.5 Å². The maximum absolute atomic E-state index is 12.1. The van der Waals surface area contributed by atoms with E-state index in [9.17, 15) is 4.79 Å². The van der Waals surface area contributed by atoms with Crippen LogP contribution in [0.5, 0.6) is 0 Å². The Balaban J connectivity index is 2.35. The van der Waals surface area contributed by atoms with Gasteiger partial charge in [-0.1, -0.05) is 23.7 Å². The summed E-state index contributed by atoms with van der Waals surface area (Å²) in [6.07, 6.45) is 1.46. The van der Waals surface area contributed by atoms with Crippen molar-refractivity contribution in [2.75, 3.05) is 13.7 Å². The SMILES string of the molecule is COC(=O)N(CC(C)(C)N)C1(c2cccc(Cl)c2)CC1. The van der Waals surface area contributed by atoms with Crippen molar-refractivity contribution in [2.45, 2.75) is 37.8 Å². The van der Waals surface area contributed by atoms with Crippen molar-refractivity contribution in [3.63, 3.8) is 0 Å². The van der Waals surface area contributed by atoms with E-state index in [0.29, 0.717) is 11.6 Å². The number of hydrogen-bond acceptors (Lipinski definition) is 3. The van der Waals surface area contributed by atoms with Crippen LogP contribution in [0.2, 0.25) is 5.02 Å². The monoisotopic (exact) mass is 296 g/mol. The highest BCUT2D eigenvalue weighted by Crippen LogP contribution is 2.51. The molecule has 20 heavy (non-hydrogen) atoms. The predicted molar refractivity (Wildman–Crippen MR) is 79.7 cm³/mol. The molecule has 1 fully saturated rings. The number of methoxy groups -OCH3 is 1. The van der Waals surface area contributed by atoms with Crippen LogP contribution < -0.4 is 5.73 Å². The van der Waals surface area contributed by atoms with E-state index in [2.05, 4.69) is 0 Å². The molecule has 1 aliphatic rings. The number of carbonyl (C=O) groups excluding carboxylic acids is 1. The number of ether oxygens (including phenoxy) is 1. The van der Waals surface area contributed by atoms with E-state index in [1.54, 1.807) is 4.90 Å². The first kappa shape index (κ1) is 15.1. The summed E-state index contributed by atoms with van der Waals surface area (Å²) in [5.74, 6) is 0. The molecular formula is C15H21ClN2O2. The lowest BCUT2D eigenvalue weighted by atomic mass is 9.99. The van der Waals surface area contributed by atoms with Crippen LogP contribution in [0.25, 0.3) is 0 Å². The second-order valence-electron chi connectivity index (χ2n) is 6.09. The third-order valence-electron chi connectivity index (χ3n) is 3.56. The zero-order valence-electron chi connectivity index (χ0n) is 12.1. The van der Waals surface area contributed by atoms with E-state index in [1.165, 1.54) is 7.11 Å². The van der Waals surface area contributed by atoms with E-state index >= 15 is 0 Å². The molecular weight excluding hydrogens is 276 g/mol. The molecule has 0 atom stereocenters. The third kappa shape index (κ3) is 3.07. The van der Waals surface area contributed by atoms with E-state index in [-0.39, 0.29) is 11.6 Å². The average molecular weight is 297 g/mol. The molecule has 1 aliphatic carbocycles. The summed E-state index contributed by atoms with van der Waals surface area (Å²) in [6.45, 7) is 4.24. The summed E-state index contributed by atoms with van der Waals surface area (Å²) in [6, 6.07) is 7.64. The normalized spacial score (nSPS) is 16.6. The fourth-order valence-electron chi connectivity index (χ4n) is 2.52. The van der Waals surface area contributed by atoms with Crippen molar-refractivity contribution in [3.8, 4) is 0 Å². The summed E-state index contributed by atoms with van der Waals surface area (Å²) >= 11 is 6.07. The average Bonchev–Trinajstić information content (AvgIpc) is 3.15. The molecule has 1 aromatic rings. The Bertz CT molecular complexity index is 507. The Labute approximate surface area is 124 Å². The van der Waals surface area contributed by atoms with E-state index < -0.39 is 5.54 Å². The fourth-order valence-corrected chi connectivity index (χ4v) is 2.71. The lowest BCUT2D eigenvalue weighted by Crippen LogP contribution is -2.51. The first-order valence-electron chi connectivity index (χ1n) is 6.69. The number of halogens is 1. The van der Waals surface area contributed by atoms with Crippen molar-refractivity contribution in [2.24, 2.45) is 5.73 Å². The first-order valence-corrected chi connectivity index (χ1v) is 7.07. The number of nitrogens with two attached hydrogens (primary N) is 1. The summed E-state index contributed by atoms with van der Waals surface area (Å²) in [4.78, 5) is 13.9. The van der Waals surface area contributed by atoms with Crippen LogP contribution in [0.3, 0.4) is 0 Å². The first-order chi connectivity index (χ1) is 9.28. The minimum absolute atomic E-state index is 0.325. The van der Waals surface area contributed by atoms with Crippen LogP contribution in [0.15, 0.2) is 24.3 Å². The molecule has 0 spiro atoms. The van der Waals surface area contributed by atoms with Gasteiger partial charge >= 0.3 is 6.09 Å². The Morgan fingerprint density at radius 3 is 2.60 bits per heavy atom. The van der Waals surface area contributed by atoms with Crippen molar-refractivity contribution in [3.05, 3.63) is 34.9 Å². The van der Waals surface area contributed by atoms with Gasteiger partial charge in [-0.15, -0.1) is 0 Å². The van der Waals surface area contributed by atoms with Crippen LogP contribution >= 0.6 is 11.6 Å². The van der Waals surface area contributed by atoms with Crippen molar-refractivity contribution in [1.82, 2.24) is 4.90 Å². The molecule has 1 aromatic carbocycles. The van der Waals surface area contributed by atoms with Gasteiger partial charge in [-0.3, -0.25) is 4.90 Å². The molecule has 2 rings (SSSR count). The summed E-state index contributed by atoms with van der Waals surface area (Å²) in [5.41, 5.74) is 6.32. The minimum atomic E-state index is -0.484. The van der Waals surface area contributed by atoms with Gasteiger partial charge in [0.1, 0.15) is 0 Å². The second kappa shape index (κ2) is 5.26. The Hall–Kier alpha value is -1.26. The molecule has 0 aliphatic heterocycles. The van der Waals surface area contributed by atoms with Crippen LogP contribution in [0.1, 0.15) is 32.3 Å². The van der Waals surface area contributed by atoms with Gasteiger partial charge in [-0.05, 0) is 44.4 Å². The Morgan fingerprint density at radius 1 is 1.50 bits per heavy atom. The molecule has 0 aromatic heterocycles. The molecule has 0 unspecified atom stereocenters. The number of nitrogens with zero attached hydrogens (tertiary/aromatic N) is 1. The summed E-state index contributed by atoms with van der Waals surface area (Å²) in [7, 11) is 1.40. The number of benzene rings is 1. The molecule has 5 heteroatoms. The quantitative estimate of drug-likeness (QED) is 0.928. The molecule has 2 N–H and O–H groups in total. The van der Waals surface area contributed by atoms with Crippen LogP contribution in [0.4, 0.5) is 4.79 Å². The fraction of sp³-hybridized carbons (Fsp3) is 0.533. The van der Waals surface area contributed by atoms with Gasteiger partial charge in [0.15, 0.2) is 0 Å². The van der Waals surface area contributed by atoms with Gasteiger partial charge in [0.25, 0.3) is 0 Å². The second-order valence-corrected chi connectivity index (χ2v) is 6.52. The summed E-state index contributed by atoms with van der Waals surface area (Å²) < 4.78 is 4.93. The van der Waals surface area contributed by atoms with Crippen molar-refractivity contribution in [1.29, 1.82) is 0 Å².